The van der Waals surface area contributed by atoms with Crippen LogP contribution in [0.4, 0.5) is 4.39 Å². The average Bonchev–Trinajstić information content (AvgIpc) is 3.38. The lowest BCUT2D eigenvalue weighted by Gasteiger charge is -2.48. The van der Waals surface area contributed by atoms with E-state index >= 15 is 4.39 Å². The molecule has 3 heterocycles. The molecule has 3 aliphatic carbocycles. The van der Waals surface area contributed by atoms with Crippen molar-refractivity contribution in [3.8, 4) is 11.4 Å². The highest BCUT2D eigenvalue weighted by molar-refractivity contribution is 6.31. The van der Waals surface area contributed by atoms with E-state index in [4.69, 9.17) is 11.6 Å². The molecule has 3 aromatic heterocycles. The maximum Gasteiger partial charge on any atom is 0.326 e. The summed E-state index contributed by atoms with van der Waals surface area (Å²) in [4.78, 5) is 41.9. The van der Waals surface area contributed by atoms with Crippen molar-refractivity contribution in [1.82, 2.24) is 25.3 Å². The third-order valence-electron chi connectivity index (χ3n) is 8.58. The van der Waals surface area contributed by atoms with Gasteiger partial charge in [0.25, 0.3) is 0 Å². The van der Waals surface area contributed by atoms with Gasteiger partial charge in [-0.15, -0.1) is 0 Å². The molecule has 206 valence electrons. The number of pyridine rings is 1. The van der Waals surface area contributed by atoms with Gasteiger partial charge in [0, 0.05) is 35.7 Å². The van der Waals surface area contributed by atoms with Gasteiger partial charge in [0.1, 0.15) is 11.7 Å². The first-order chi connectivity index (χ1) is 19.4. The van der Waals surface area contributed by atoms with Crippen LogP contribution in [0.5, 0.6) is 0 Å². The Morgan fingerprint density at radius 1 is 1.10 bits per heavy atom. The molecule has 0 saturated heterocycles. The predicted molar refractivity (Wildman–Crippen MR) is 148 cm³/mol. The van der Waals surface area contributed by atoms with Crippen LogP contribution in [-0.2, 0) is 22.4 Å². The molecular weight excluding hydrogens is 533 g/mol. The lowest BCUT2D eigenvalue weighted by atomic mass is 9.57. The van der Waals surface area contributed by atoms with Crippen LogP contribution in [0.1, 0.15) is 36.9 Å². The molecule has 1 amide bonds. The lowest BCUT2D eigenvalue weighted by Crippen LogP contribution is -2.52. The summed E-state index contributed by atoms with van der Waals surface area (Å²) < 4.78 is 15.1. The number of nitrogens with one attached hydrogen (secondary N) is 2. The van der Waals surface area contributed by atoms with E-state index in [2.05, 4.69) is 25.3 Å². The summed E-state index contributed by atoms with van der Waals surface area (Å²) in [5.41, 5.74) is 2.37. The lowest BCUT2D eigenvalue weighted by molar-refractivity contribution is -0.145. The van der Waals surface area contributed by atoms with Crippen molar-refractivity contribution < 1.29 is 19.1 Å². The number of benzene rings is 1. The molecule has 0 radical (unpaired) electrons. The van der Waals surface area contributed by atoms with E-state index < -0.39 is 23.7 Å². The van der Waals surface area contributed by atoms with Crippen molar-refractivity contribution >= 4 is 34.5 Å². The Labute approximate surface area is 235 Å². The predicted octanol–water partition coefficient (Wildman–Crippen LogP) is 5.22. The van der Waals surface area contributed by atoms with Gasteiger partial charge in [-0.1, -0.05) is 41.9 Å². The fourth-order valence-corrected chi connectivity index (χ4v) is 6.81. The van der Waals surface area contributed by atoms with Gasteiger partial charge in [-0.25, -0.2) is 24.1 Å². The van der Waals surface area contributed by atoms with Crippen molar-refractivity contribution in [2.75, 3.05) is 0 Å². The molecule has 0 unspecified atom stereocenters. The number of hydrogen-bond donors (Lipinski definition) is 3. The van der Waals surface area contributed by atoms with Gasteiger partial charge in [-0.05, 0) is 61.5 Å². The monoisotopic (exact) mass is 561 g/mol. The van der Waals surface area contributed by atoms with E-state index in [1.54, 1.807) is 18.5 Å². The van der Waals surface area contributed by atoms with Crippen molar-refractivity contribution in [2.45, 2.75) is 44.6 Å². The first-order valence-corrected chi connectivity index (χ1v) is 14.0. The summed E-state index contributed by atoms with van der Waals surface area (Å²) in [6.07, 6.45) is 8.67. The Kier molecular flexibility index (Phi) is 7.23. The molecule has 4 aromatic rings. The van der Waals surface area contributed by atoms with Crippen LogP contribution in [0.3, 0.4) is 0 Å². The van der Waals surface area contributed by atoms with Crippen molar-refractivity contribution in [1.29, 1.82) is 0 Å². The second-order valence-corrected chi connectivity index (χ2v) is 11.3. The van der Waals surface area contributed by atoms with E-state index in [9.17, 15) is 14.7 Å². The summed E-state index contributed by atoms with van der Waals surface area (Å²) in [6.45, 7) is 0. The highest BCUT2D eigenvalue weighted by Crippen LogP contribution is 2.50. The average molecular weight is 562 g/mol. The topological polar surface area (TPSA) is 121 Å². The minimum absolute atomic E-state index is 0.132. The summed E-state index contributed by atoms with van der Waals surface area (Å²) in [6, 6.07) is 9.97. The fourth-order valence-electron chi connectivity index (χ4n) is 6.66. The number of aliphatic carboxylic acids is 1. The highest BCUT2D eigenvalue weighted by atomic mass is 35.5. The number of hydrogen-bond acceptors (Lipinski definition) is 5. The minimum Gasteiger partial charge on any atom is -0.480 e. The molecule has 3 N–H and O–H groups in total. The van der Waals surface area contributed by atoms with Crippen LogP contribution in [0.15, 0.2) is 55.0 Å². The zero-order chi connectivity index (χ0) is 27.8. The Balaban J connectivity index is 1.27. The number of carbonyl (C=O) groups is 2. The summed E-state index contributed by atoms with van der Waals surface area (Å²) >= 11 is 6.15. The number of nitrogens with zero attached hydrogens (tertiary/aromatic N) is 3. The van der Waals surface area contributed by atoms with Gasteiger partial charge >= 0.3 is 5.97 Å². The number of H-pyrrole nitrogens is 1. The van der Waals surface area contributed by atoms with E-state index in [0.29, 0.717) is 22.1 Å². The number of aromatic amines is 1. The second kappa shape index (κ2) is 11.0. The van der Waals surface area contributed by atoms with Crippen LogP contribution in [0, 0.1) is 29.5 Å². The van der Waals surface area contributed by atoms with E-state index in [1.165, 1.54) is 6.20 Å². The molecule has 10 heteroatoms. The van der Waals surface area contributed by atoms with Crippen molar-refractivity contribution in [3.63, 3.8) is 0 Å². The van der Waals surface area contributed by atoms with E-state index in [0.717, 1.165) is 36.6 Å². The summed E-state index contributed by atoms with van der Waals surface area (Å²) in [7, 11) is 0. The number of fused-ring (bicyclic) bond motifs is 4. The molecule has 3 saturated carbocycles. The molecule has 7 rings (SSSR count). The largest absolute Gasteiger partial charge is 0.480 e. The van der Waals surface area contributed by atoms with Gasteiger partial charge in [0.15, 0.2) is 11.6 Å². The van der Waals surface area contributed by atoms with Gasteiger partial charge < -0.3 is 15.4 Å². The molecule has 3 atom stereocenters. The van der Waals surface area contributed by atoms with E-state index in [-0.39, 0.29) is 42.2 Å². The molecule has 40 heavy (non-hydrogen) atoms. The first kappa shape index (κ1) is 26.4. The van der Waals surface area contributed by atoms with Gasteiger partial charge in [0.2, 0.25) is 5.91 Å². The number of rotatable bonds is 8. The molecule has 8 nitrogen and oxygen atoms in total. The standard InChI is InChI=1S/C30H29ClFN5O3/c31-19-11-21-22(14-34-27(21)33-13-19)28-35-15-23(32)24(36-28)12-20-17-6-8-18(9-7-17)26(20)29(38)37-25(30(39)40)10-16-4-2-1-3-5-16/h1-5,11,13-15,17-18,20,25-26H,6-10,12H2,(H,33,34)(H,37,38)(H,39,40)/t17?,18?,20-,25-,26-/m0/s1. The normalized spacial score (nSPS) is 22.8. The Morgan fingerprint density at radius 3 is 2.60 bits per heavy atom. The maximum atomic E-state index is 15.1. The van der Waals surface area contributed by atoms with Crippen LogP contribution in [-0.4, -0.2) is 43.0 Å². The van der Waals surface area contributed by atoms with Crippen LogP contribution in [0.2, 0.25) is 5.02 Å². The smallest absolute Gasteiger partial charge is 0.326 e. The number of amides is 1. The molecule has 2 bridgehead atoms. The second-order valence-electron chi connectivity index (χ2n) is 10.9. The molecule has 0 spiro atoms. The number of carboxylic acids is 1. The molecule has 1 aromatic carbocycles. The van der Waals surface area contributed by atoms with Crippen molar-refractivity contribution in [2.24, 2.45) is 23.7 Å². The number of carbonyl (C=O) groups excluding carboxylic acids is 1. The maximum absolute atomic E-state index is 15.1. The SMILES string of the molecule is O=C(O)[C@H](Cc1ccccc1)NC(=O)[C@H]1C2CCC(CC2)[C@@H]1Cc1nc(-c2c[nH]c3ncc(Cl)cc23)ncc1F. The van der Waals surface area contributed by atoms with Crippen LogP contribution in [0.25, 0.3) is 22.4 Å². The number of aromatic nitrogens is 4. The van der Waals surface area contributed by atoms with Gasteiger partial charge in [-0.3, -0.25) is 4.79 Å². The molecule has 3 fully saturated rings. The third-order valence-corrected chi connectivity index (χ3v) is 8.78. The molecular formula is C30H29ClFN5O3. The van der Waals surface area contributed by atoms with Gasteiger partial charge in [0.05, 0.1) is 16.9 Å². The van der Waals surface area contributed by atoms with Crippen molar-refractivity contribution in [3.05, 3.63) is 77.1 Å². The highest BCUT2D eigenvalue weighted by Gasteiger charge is 2.47. The zero-order valence-electron chi connectivity index (χ0n) is 21.7. The van der Waals surface area contributed by atoms with E-state index in [1.807, 2.05) is 30.3 Å². The van der Waals surface area contributed by atoms with Crippen LogP contribution < -0.4 is 5.32 Å². The molecule has 0 aliphatic heterocycles. The number of carboxylic acid groups (broad SMARTS) is 1. The zero-order valence-corrected chi connectivity index (χ0v) is 22.4. The number of halogens is 2. The Morgan fingerprint density at radius 2 is 1.85 bits per heavy atom. The molecule has 3 aliphatic rings. The van der Waals surface area contributed by atoms with Crippen LogP contribution >= 0.6 is 11.6 Å². The summed E-state index contributed by atoms with van der Waals surface area (Å²) in [5, 5.41) is 13.9. The summed E-state index contributed by atoms with van der Waals surface area (Å²) in [5.74, 6) is -1.69. The Hall–Kier alpha value is -3.85. The first-order valence-electron chi connectivity index (χ1n) is 13.6. The fraction of sp³-hybridized carbons (Fsp3) is 0.367. The third kappa shape index (κ3) is 5.18. The Bertz CT molecular complexity index is 1550. The quantitative estimate of drug-likeness (QED) is 0.271. The van der Waals surface area contributed by atoms with Gasteiger partial charge in [-0.2, -0.15) is 0 Å². The minimum atomic E-state index is -1.07.